The lowest BCUT2D eigenvalue weighted by molar-refractivity contribution is 0.102. The Morgan fingerprint density at radius 3 is 2.52 bits per heavy atom. The van der Waals surface area contributed by atoms with Crippen LogP contribution in [0.4, 0.5) is 5.69 Å². The Bertz CT molecular complexity index is 807. The molecule has 1 amide bonds. The van der Waals surface area contributed by atoms with Crippen LogP contribution >= 0.6 is 23.2 Å². The number of benzene rings is 1. The fourth-order valence-electron chi connectivity index (χ4n) is 1.57. The summed E-state index contributed by atoms with van der Waals surface area (Å²) >= 11 is 11.7. The summed E-state index contributed by atoms with van der Waals surface area (Å²) in [5, 5.41) is 2.96. The number of carbonyl (C=O) groups excluding carboxylic acids is 1. The Morgan fingerprint density at radius 2 is 1.90 bits per heavy atom. The summed E-state index contributed by atoms with van der Waals surface area (Å²) in [6.45, 7) is 0. The molecule has 5 nitrogen and oxygen atoms in total. The van der Waals surface area contributed by atoms with E-state index >= 15 is 0 Å². The zero-order valence-electron chi connectivity index (χ0n) is 10.8. The van der Waals surface area contributed by atoms with Crippen LogP contribution in [-0.4, -0.2) is 25.6 Å². The molecular formula is C13H10Cl2N2O3S. The first-order chi connectivity index (χ1) is 9.77. The summed E-state index contributed by atoms with van der Waals surface area (Å²) in [6, 6.07) is 6.96. The lowest BCUT2D eigenvalue weighted by Crippen LogP contribution is -2.13. The van der Waals surface area contributed by atoms with Crippen LogP contribution in [0.1, 0.15) is 10.4 Å². The SMILES string of the molecule is CS(=O)(=O)c1ccc(Cl)c(NC(=O)c2ccnc(Cl)c2)c1. The van der Waals surface area contributed by atoms with Gasteiger partial charge in [0.15, 0.2) is 9.84 Å². The van der Waals surface area contributed by atoms with Gasteiger partial charge in [-0.05, 0) is 30.3 Å². The molecule has 2 rings (SSSR count). The average Bonchev–Trinajstić information content (AvgIpc) is 2.40. The normalized spacial score (nSPS) is 11.2. The van der Waals surface area contributed by atoms with Gasteiger partial charge in [0.05, 0.1) is 15.6 Å². The molecule has 8 heteroatoms. The predicted molar refractivity (Wildman–Crippen MR) is 81.8 cm³/mol. The first kappa shape index (κ1) is 15.8. The first-order valence-corrected chi connectivity index (χ1v) is 8.34. The second-order valence-electron chi connectivity index (χ2n) is 4.24. The van der Waals surface area contributed by atoms with Crippen LogP contribution in [-0.2, 0) is 9.84 Å². The molecule has 0 bridgehead atoms. The van der Waals surface area contributed by atoms with Crippen molar-refractivity contribution >= 4 is 44.6 Å². The molecule has 0 saturated heterocycles. The number of amides is 1. The van der Waals surface area contributed by atoms with Gasteiger partial charge in [0.25, 0.3) is 5.91 Å². The van der Waals surface area contributed by atoms with Crippen LogP contribution in [0.5, 0.6) is 0 Å². The fourth-order valence-corrected chi connectivity index (χ4v) is 2.55. The summed E-state index contributed by atoms with van der Waals surface area (Å²) in [4.78, 5) is 15.9. The molecule has 1 aromatic carbocycles. The lowest BCUT2D eigenvalue weighted by Gasteiger charge is -2.09. The molecule has 0 unspecified atom stereocenters. The Morgan fingerprint density at radius 1 is 1.19 bits per heavy atom. The minimum atomic E-state index is -3.39. The van der Waals surface area contributed by atoms with Crippen molar-refractivity contribution in [3.63, 3.8) is 0 Å². The van der Waals surface area contributed by atoms with E-state index in [0.29, 0.717) is 0 Å². The topological polar surface area (TPSA) is 76.1 Å². The van der Waals surface area contributed by atoms with Crippen LogP contribution in [0.15, 0.2) is 41.4 Å². The van der Waals surface area contributed by atoms with Crippen LogP contribution in [0.2, 0.25) is 10.2 Å². The van der Waals surface area contributed by atoms with E-state index in [1.807, 2.05) is 0 Å². The molecule has 0 aliphatic carbocycles. The van der Waals surface area contributed by atoms with Crippen molar-refractivity contribution < 1.29 is 13.2 Å². The van der Waals surface area contributed by atoms with Gasteiger partial charge in [0.1, 0.15) is 5.15 Å². The largest absolute Gasteiger partial charge is 0.321 e. The van der Waals surface area contributed by atoms with Gasteiger partial charge in [-0.3, -0.25) is 4.79 Å². The summed E-state index contributed by atoms with van der Waals surface area (Å²) < 4.78 is 23.0. The number of pyridine rings is 1. The van der Waals surface area contributed by atoms with Gasteiger partial charge in [0.2, 0.25) is 0 Å². The van der Waals surface area contributed by atoms with Crippen LogP contribution in [0, 0.1) is 0 Å². The van der Waals surface area contributed by atoms with Gasteiger partial charge in [-0.2, -0.15) is 0 Å². The molecule has 0 aliphatic rings. The van der Waals surface area contributed by atoms with Gasteiger partial charge >= 0.3 is 0 Å². The minimum Gasteiger partial charge on any atom is -0.321 e. The van der Waals surface area contributed by atoms with Crippen LogP contribution in [0.3, 0.4) is 0 Å². The lowest BCUT2D eigenvalue weighted by atomic mass is 10.2. The maximum absolute atomic E-state index is 12.1. The van der Waals surface area contributed by atoms with Gasteiger partial charge in [-0.1, -0.05) is 23.2 Å². The number of aromatic nitrogens is 1. The highest BCUT2D eigenvalue weighted by molar-refractivity contribution is 7.90. The Kier molecular flexibility index (Phi) is 4.51. The predicted octanol–water partition coefficient (Wildman–Crippen LogP) is 3.04. The molecule has 0 atom stereocenters. The molecule has 0 radical (unpaired) electrons. The number of hydrogen-bond acceptors (Lipinski definition) is 4. The van der Waals surface area contributed by atoms with E-state index in [2.05, 4.69) is 10.3 Å². The minimum absolute atomic E-state index is 0.0648. The van der Waals surface area contributed by atoms with E-state index in [9.17, 15) is 13.2 Å². The van der Waals surface area contributed by atoms with Gasteiger partial charge in [-0.15, -0.1) is 0 Å². The van der Waals surface area contributed by atoms with Crippen molar-refractivity contribution in [2.24, 2.45) is 0 Å². The van der Waals surface area contributed by atoms with E-state index in [0.717, 1.165) is 6.26 Å². The molecule has 0 aliphatic heterocycles. The summed E-state index contributed by atoms with van der Waals surface area (Å²) in [5.74, 6) is -0.466. The van der Waals surface area contributed by atoms with Crippen molar-refractivity contribution in [2.45, 2.75) is 4.90 Å². The third kappa shape index (κ3) is 3.93. The maximum Gasteiger partial charge on any atom is 0.255 e. The second kappa shape index (κ2) is 6.01. The molecule has 1 heterocycles. The number of hydrogen-bond donors (Lipinski definition) is 1. The van der Waals surface area contributed by atoms with Crippen molar-refractivity contribution in [2.75, 3.05) is 11.6 Å². The van der Waals surface area contributed by atoms with Crippen LogP contribution < -0.4 is 5.32 Å². The molecule has 2 aromatic rings. The monoisotopic (exact) mass is 344 g/mol. The number of rotatable bonds is 3. The quantitative estimate of drug-likeness (QED) is 0.868. The standard InChI is InChI=1S/C13H10Cl2N2O3S/c1-21(19,20)9-2-3-10(14)11(7-9)17-13(18)8-4-5-16-12(15)6-8/h2-7H,1H3,(H,17,18). The third-order valence-electron chi connectivity index (χ3n) is 2.60. The summed E-state index contributed by atoms with van der Waals surface area (Å²) in [7, 11) is -3.39. The Balaban J connectivity index is 2.33. The Labute approximate surface area is 131 Å². The van der Waals surface area contributed by atoms with Gasteiger partial charge in [0, 0.05) is 18.0 Å². The summed E-state index contributed by atoms with van der Waals surface area (Å²) in [5.41, 5.74) is 0.494. The Hall–Kier alpha value is -1.63. The zero-order valence-corrected chi connectivity index (χ0v) is 13.1. The van der Waals surface area contributed by atoms with E-state index in [-0.39, 0.29) is 26.3 Å². The molecule has 1 N–H and O–H groups in total. The van der Waals surface area contributed by atoms with E-state index in [1.54, 1.807) is 0 Å². The second-order valence-corrected chi connectivity index (χ2v) is 7.05. The van der Waals surface area contributed by atoms with Gasteiger partial charge in [-0.25, -0.2) is 13.4 Å². The molecular weight excluding hydrogens is 335 g/mol. The highest BCUT2D eigenvalue weighted by Gasteiger charge is 2.13. The van der Waals surface area contributed by atoms with E-state index in [1.165, 1.54) is 36.5 Å². The number of anilines is 1. The van der Waals surface area contributed by atoms with Crippen molar-refractivity contribution in [1.29, 1.82) is 0 Å². The molecule has 1 aromatic heterocycles. The van der Waals surface area contributed by atoms with Crippen molar-refractivity contribution in [3.8, 4) is 0 Å². The molecule has 0 spiro atoms. The highest BCUT2D eigenvalue weighted by Crippen LogP contribution is 2.26. The highest BCUT2D eigenvalue weighted by atomic mass is 35.5. The number of halogens is 2. The van der Waals surface area contributed by atoms with Crippen molar-refractivity contribution in [1.82, 2.24) is 4.98 Å². The van der Waals surface area contributed by atoms with Crippen molar-refractivity contribution in [3.05, 3.63) is 52.3 Å². The van der Waals surface area contributed by atoms with Gasteiger partial charge < -0.3 is 5.32 Å². The third-order valence-corrected chi connectivity index (χ3v) is 4.25. The number of carbonyl (C=O) groups is 1. The smallest absolute Gasteiger partial charge is 0.255 e. The fraction of sp³-hybridized carbons (Fsp3) is 0.0769. The summed E-state index contributed by atoms with van der Waals surface area (Å²) in [6.07, 6.45) is 2.47. The number of nitrogens with zero attached hydrogens (tertiary/aromatic N) is 1. The number of nitrogens with one attached hydrogen (secondary N) is 1. The zero-order chi connectivity index (χ0) is 15.6. The van der Waals surface area contributed by atoms with E-state index < -0.39 is 15.7 Å². The van der Waals surface area contributed by atoms with Crippen LogP contribution in [0.25, 0.3) is 0 Å². The molecule has 0 fully saturated rings. The number of sulfone groups is 1. The molecule has 110 valence electrons. The first-order valence-electron chi connectivity index (χ1n) is 5.70. The maximum atomic E-state index is 12.1. The van der Waals surface area contributed by atoms with E-state index in [4.69, 9.17) is 23.2 Å². The molecule has 0 saturated carbocycles. The molecule has 21 heavy (non-hydrogen) atoms. The average molecular weight is 345 g/mol.